The first-order chi connectivity index (χ1) is 9.58. The van der Waals surface area contributed by atoms with E-state index in [1.165, 1.54) is 6.07 Å². The van der Waals surface area contributed by atoms with Crippen LogP contribution in [0.2, 0.25) is 0 Å². The van der Waals surface area contributed by atoms with Gasteiger partial charge in [-0.3, -0.25) is 0 Å². The van der Waals surface area contributed by atoms with Crippen LogP contribution in [0.4, 0.5) is 4.39 Å². The van der Waals surface area contributed by atoms with E-state index < -0.39 is 11.9 Å². The van der Waals surface area contributed by atoms with Gasteiger partial charge in [0.05, 0.1) is 6.10 Å². The second kappa shape index (κ2) is 6.83. The molecule has 0 fully saturated rings. The normalized spacial score (nSPS) is 12.3. The lowest BCUT2D eigenvalue weighted by atomic mass is 10.1. The van der Waals surface area contributed by atoms with Crippen molar-refractivity contribution < 1.29 is 14.6 Å². The molecule has 2 aromatic rings. The Bertz CT molecular complexity index is 592. The van der Waals surface area contributed by atoms with Crippen LogP contribution in [0.1, 0.15) is 17.2 Å². The van der Waals surface area contributed by atoms with Crippen LogP contribution in [0.3, 0.4) is 0 Å². The van der Waals surface area contributed by atoms with Crippen LogP contribution in [0.15, 0.2) is 46.9 Å². The lowest BCUT2D eigenvalue weighted by Crippen LogP contribution is -2.21. The summed E-state index contributed by atoms with van der Waals surface area (Å²) >= 11 is 3.33. The highest BCUT2D eigenvalue weighted by Gasteiger charge is 2.11. The van der Waals surface area contributed by atoms with Crippen LogP contribution in [-0.4, -0.2) is 16.8 Å². The molecule has 0 aliphatic rings. The Morgan fingerprint density at radius 2 is 1.95 bits per heavy atom. The van der Waals surface area contributed by atoms with E-state index in [2.05, 4.69) is 21.2 Å². The third-order valence-corrected chi connectivity index (χ3v) is 3.45. The summed E-state index contributed by atoms with van der Waals surface area (Å²) in [5.41, 5.74) is 0.971. The van der Waals surface area contributed by atoms with Gasteiger partial charge in [-0.1, -0.05) is 34.1 Å². The first kappa shape index (κ1) is 15.0. The monoisotopic (exact) mass is 339 g/mol. The number of aromatic hydroxyl groups is 1. The van der Waals surface area contributed by atoms with Crippen LogP contribution in [0.25, 0.3) is 0 Å². The molecule has 20 heavy (non-hydrogen) atoms. The van der Waals surface area contributed by atoms with Crippen LogP contribution in [0.5, 0.6) is 5.75 Å². The Morgan fingerprint density at radius 1 is 1.20 bits per heavy atom. The molecule has 106 valence electrons. The molecule has 5 heteroatoms. The van der Waals surface area contributed by atoms with Gasteiger partial charge in [-0.05, 0) is 24.3 Å². The van der Waals surface area contributed by atoms with E-state index in [4.69, 9.17) is 0 Å². The van der Waals surface area contributed by atoms with Gasteiger partial charge in [-0.25, -0.2) is 4.39 Å². The summed E-state index contributed by atoms with van der Waals surface area (Å²) in [5.74, 6) is -0.242. The van der Waals surface area contributed by atoms with Crippen molar-refractivity contribution in [1.29, 1.82) is 0 Å². The zero-order valence-electron chi connectivity index (χ0n) is 10.7. The Balaban J connectivity index is 1.93. The lowest BCUT2D eigenvalue weighted by Gasteiger charge is -2.13. The van der Waals surface area contributed by atoms with Gasteiger partial charge in [0.2, 0.25) is 0 Å². The maximum Gasteiger partial charge on any atom is 0.129 e. The molecule has 0 amide bonds. The van der Waals surface area contributed by atoms with Crippen LogP contribution in [-0.2, 0) is 6.54 Å². The van der Waals surface area contributed by atoms with E-state index in [0.717, 1.165) is 4.47 Å². The van der Waals surface area contributed by atoms with E-state index in [1.54, 1.807) is 36.4 Å². The quantitative estimate of drug-likeness (QED) is 0.784. The maximum absolute atomic E-state index is 13.5. The Kier molecular flexibility index (Phi) is 5.11. The summed E-state index contributed by atoms with van der Waals surface area (Å²) in [4.78, 5) is 0. The molecule has 3 nitrogen and oxygen atoms in total. The van der Waals surface area contributed by atoms with Crippen molar-refractivity contribution in [1.82, 2.24) is 5.32 Å². The summed E-state index contributed by atoms with van der Waals surface area (Å²) in [6, 6.07) is 11.3. The van der Waals surface area contributed by atoms with Gasteiger partial charge in [0.25, 0.3) is 0 Å². The van der Waals surface area contributed by atoms with Crippen LogP contribution in [0, 0.1) is 5.82 Å². The molecule has 0 spiro atoms. The number of halogens is 2. The van der Waals surface area contributed by atoms with E-state index in [-0.39, 0.29) is 17.9 Å². The molecule has 2 aromatic carbocycles. The van der Waals surface area contributed by atoms with Gasteiger partial charge in [-0.2, -0.15) is 0 Å². The van der Waals surface area contributed by atoms with Crippen molar-refractivity contribution in [2.75, 3.05) is 6.54 Å². The van der Waals surface area contributed by atoms with E-state index in [1.807, 2.05) is 0 Å². The molecule has 3 N–H and O–H groups in total. The minimum Gasteiger partial charge on any atom is -0.508 e. The van der Waals surface area contributed by atoms with Crippen molar-refractivity contribution in [2.24, 2.45) is 0 Å². The van der Waals surface area contributed by atoms with Gasteiger partial charge in [0, 0.05) is 28.7 Å². The van der Waals surface area contributed by atoms with E-state index >= 15 is 0 Å². The van der Waals surface area contributed by atoms with Crippen molar-refractivity contribution in [2.45, 2.75) is 12.6 Å². The minimum atomic E-state index is -0.925. The molecule has 0 aliphatic carbocycles. The predicted octanol–water partition coefficient (Wildman–Crippen LogP) is 3.12. The average molecular weight is 340 g/mol. The molecule has 0 saturated carbocycles. The SMILES string of the molecule is Oc1ccc(Br)cc1CNCC(O)c1ccccc1F. The molecular formula is C15H15BrFNO2. The number of nitrogens with one attached hydrogen (secondary N) is 1. The van der Waals surface area contributed by atoms with Crippen molar-refractivity contribution in [3.05, 3.63) is 63.9 Å². The number of aliphatic hydroxyl groups is 1. The van der Waals surface area contributed by atoms with Gasteiger partial charge in [-0.15, -0.1) is 0 Å². The fraction of sp³-hybridized carbons (Fsp3) is 0.200. The molecule has 1 atom stereocenters. The Labute approximate surface area is 125 Å². The summed E-state index contributed by atoms with van der Waals surface area (Å²) in [6.45, 7) is 0.587. The molecule has 0 heterocycles. The third-order valence-electron chi connectivity index (χ3n) is 2.96. The molecule has 0 saturated heterocycles. The highest BCUT2D eigenvalue weighted by atomic mass is 79.9. The predicted molar refractivity (Wildman–Crippen MR) is 78.9 cm³/mol. The number of rotatable bonds is 5. The highest BCUT2D eigenvalue weighted by Crippen LogP contribution is 2.22. The first-order valence-electron chi connectivity index (χ1n) is 6.18. The van der Waals surface area contributed by atoms with Crippen molar-refractivity contribution >= 4 is 15.9 Å². The van der Waals surface area contributed by atoms with E-state index in [0.29, 0.717) is 12.1 Å². The zero-order chi connectivity index (χ0) is 14.5. The maximum atomic E-state index is 13.5. The first-order valence-corrected chi connectivity index (χ1v) is 6.98. The number of benzene rings is 2. The largest absolute Gasteiger partial charge is 0.508 e. The molecule has 0 bridgehead atoms. The number of phenolic OH excluding ortho intramolecular Hbond substituents is 1. The van der Waals surface area contributed by atoms with Gasteiger partial charge in [0.1, 0.15) is 11.6 Å². The van der Waals surface area contributed by atoms with Gasteiger partial charge in [0.15, 0.2) is 0 Å². The summed E-state index contributed by atoms with van der Waals surface area (Å²) in [6.07, 6.45) is -0.925. The fourth-order valence-electron chi connectivity index (χ4n) is 1.89. The molecule has 0 radical (unpaired) electrons. The Morgan fingerprint density at radius 3 is 2.70 bits per heavy atom. The third kappa shape index (κ3) is 3.79. The number of aliphatic hydroxyl groups excluding tert-OH is 1. The second-order valence-electron chi connectivity index (χ2n) is 4.44. The summed E-state index contributed by atoms with van der Waals surface area (Å²) in [5, 5.41) is 22.6. The molecular weight excluding hydrogens is 325 g/mol. The zero-order valence-corrected chi connectivity index (χ0v) is 12.3. The molecule has 0 aromatic heterocycles. The smallest absolute Gasteiger partial charge is 0.129 e. The number of hydrogen-bond donors (Lipinski definition) is 3. The van der Waals surface area contributed by atoms with E-state index in [9.17, 15) is 14.6 Å². The minimum absolute atomic E-state index is 0.182. The number of phenols is 1. The number of hydrogen-bond acceptors (Lipinski definition) is 3. The average Bonchev–Trinajstić information content (AvgIpc) is 2.43. The van der Waals surface area contributed by atoms with Gasteiger partial charge >= 0.3 is 0 Å². The fourth-order valence-corrected chi connectivity index (χ4v) is 2.30. The lowest BCUT2D eigenvalue weighted by molar-refractivity contribution is 0.169. The van der Waals surface area contributed by atoms with Crippen molar-refractivity contribution in [3.63, 3.8) is 0 Å². The summed E-state index contributed by atoms with van der Waals surface area (Å²) < 4.78 is 14.3. The molecule has 2 rings (SSSR count). The molecule has 0 aliphatic heterocycles. The van der Waals surface area contributed by atoms with Crippen molar-refractivity contribution in [3.8, 4) is 5.75 Å². The topological polar surface area (TPSA) is 52.5 Å². The highest BCUT2D eigenvalue weighted by molar-refractivity contribution is 9.10. The Hall–Kier alpha value is -1.43. The standard InChI is InChI=1S/C15H15BrFNO2/c16-11-5-6-14(19)10(7-11)8-18-9-15(20)12-3-1-2-4-13(12)17/h1-7,15,18-20H,8-9H2. The summed E-state index contributed by atoms with van der Waals surface area (Å²) in [7, 11) is 0. The van der Waals surface area contributed by atoms with Gasteiger partial charge < -0.3 is 15.5 Å². The van der Waals surface area contributed by atoms with Crippen LogP contribution < -0.4 is 5.32 Å². The molecule has 1 unspecified atom stereocenters. The second-order valence-corrected chi connectivity index (χ2v) is 5.36. The van der Waals surface area contributed by atoms with Crippen LogP contribution >= 0.6 is 15.9 Å².